The van der Waals surface area contributed by atoms with E-state index in [-0.39, 0.29) is 17.7 Å². The topological polar surface area (TPSA) is 85.9 Å². The Morgan fingerprint density at radius 3 is 1.29 bits per heavy atom. The van der Waals surface area contributed by atoms with Crippen molar-refractivity contribution < 1.29 is 23.8 Å². The van der Waals surface area contributed by atoms with E-state index < -0.39 is 6.04 Å². The molecule has 0 aliphatic heterocycles. The largest absolute Gasteiger partial charge is 0.490 e. The van der Waals surface area contributed by atoms with Gasteiger partial charge in [-0.25, -0.2) is 0 Å². The quantitative estimate of drug-likeness (QED) is 0.0301. The number of carbonyl (C=O) groups is 2. The first kappa shape index (κ1) is 58.4. The van der Waals surface area contributed by atoms with Crippen molar-refractivity contribution in [2.45, 2.75) is 240 Å². The molecule has 0 saturated heterocycles. The van der Waals surface area contributed by atoms with Gasteiger partial charge in [0.15, 0.2) is 11.5 Å². The number of hydrogen-bond donors (Lipinski definition) is 2. The van der Waals surface area contributed by atoms with E-state index in [0.717, 1.165) is 49.5 Å². The van der Waals surface area contributed by atoms with Crippen molar-refractivity contribution in [1.29, 1.82) is 0 Å². The van der Waals surface area contributed by atoms with Gasteiger partial charge in [-0.3, -0.25) is 9.59 Å². The minimum Gasteiger partial charge on any atom is -0.490 e. The molecule has 0 spiro atoms. The summed E-state index contributed by atoms with van der Waals surface area (Å²) in [7, 11) is 0. The van der Waals surface area contributed by atoms with E-state index in [1.165, 1.54) is 181 Å². The van der Waals surface area contributed by atoms with E-state index in [1.807, 2.05) is 26.0 Å². The highest BCUT2D eigenvalue weighted by atomic mass is 16.5. The Morgan fingerprint density at radius 2 is 0.847 bits per heavy atom. The minimum absolute atomic E-state index is 0.155. The van der Waals surface area contributed by atoms with Crippen LogP contribution < -0.4 is 24.8 Å². The van der Waals surface area contributed by atoms with Crippen molar-refractivity contribution >= 4 is 44.1 Å². The third kappa shape index (κ3) is 20.1. The van der Waals surface area contributed by atoms with Gasteiger partial charge in [0.25, 0.3) is 5.91 Å². The van der Waals surface area contributed by atoms with E-state index >= 15 is 0 Å². The molecular formula is C65H98N2O5. The Kier molecular flexibility index (Phi) is 28.2. The van der Waals surface area contributed by atoms with Crippen LogP contribution in [0.1, 0.15) is 243 Å². The standard InChI is InChI=1S/C65H98N2O5/c1-6-9-12-15-18-21-24-27-30-33-45-70-58-48-56(49-59(71-46-34-31-28-25-22-19-16-13-10-7-2)63(58)72-47-35-32-29-26-23-20-17-14-11-8-3)64(68)67-62(51(4)5)65(69)66-50-55-42-41-54-40-39-52-37-36-38-53-43-44-57(55)61(54)60(52)53/h36-44,48-49,51,62H,6-35,45-47,50H2,1-5H3,(H,66,69)(H,67,68)/t62-/m0/s1. The SMILES string of the molecule is CCCCCCCCCCCCOc1cc(C(=O)N[C@H](C(=O)NCc2ccc3ccc4cccc5ccc2c3c45)C(C)C)cc(OCCCCCCCCCCCC)c1OCCCCCCCCCCCC. The van der Waals surface area contributed by atoms with Crippen molar-refractivity contribution in [2.24, 2.45) is 5.92 Å². The van der Waals surface area contributed by atoms with Gasteiger partial charge >= 0.3 is 0 Å². The highest BCUT2D eigenvalue weighted by Gasteiger charge is 2.27. The van der Waals surface area contributed by atoms with Crippen LogP contribution in [0.15, 0.2) is 66.7 Å². The number of carbonyl (C=O) groups excluding carboxylic acids is 2. The third-order valence-electron chi connectivity index (χ3n) is 14.8. The number of unbranched alkanes of at least 4 members (excludes halogenated alkanes) is 27. The van der Waals surface area contributed by atoms with Gasteiger partial charge in [-0.1, -0.05) is 263 Å². The summed E-state index contributed by atoms with van der Waals surface area (Å²) in [6.45, 7) is 12.8. The molecule has 5 aromatic carbocycles. The van der Waals surface area contributed by atoms with Gasteiger partial charge in [0, 0.05) is 12.1 Å². The minimum atomic E-state index is -0.753. The lowest BCUT2D eigenvalue weighted by molar-refractivity contribution is -0.124. The van der Waals surface area contributed by atoms with Crippen LogP contribution in [0.3, 0.4) is 0 Å². The maximum atomic E-state index is 14.5. The van der Waals surface area contributed by atoms with Crippen LogP contribution in [0.2, 0.25) is 0 Å². The summed E-state index contributed by atoms with van der Waals surface area (Å²) in [5.74, 6) is 0.980. The lowest BCUT2D eigenvalue weighted by atomic mass is 9.92. The molecule has 0 aromatic heterocycles. The van der Waals surface area contributed by atoms with Crippen molar-refractivity contribution in [3.63, 3.8) is 0 Å². The zero-order chi connectivity index (χ0) is 51.0. The molecule has 0 radical (unpaired) electrons. The maximum Gasteiger partial charge on any atom is 0.252 e. The Bertz CT molecular complexity index is 2190. The smallest absolute Gasteiger partial charge is 0.252 e. The normalized spacial score (nSPS) is 12.1. The first-order chi connectivity index (χ1) is 35.4. The summed E-state index contributed by atoms with van der Waals surface area (Å²) < 4.78 is 19.8. The predicted molar refractivity (Wildman–Crippen MR) is 307 cm³/mol. The van der Waals surface area contributed by atoms with E-state index in [1.54, 1.807) is 0 Å². The lowest BCUT2D eigenvalue weighted by Crippen LogP contribution is -2.49. The van der Waals surface area contributed by atoms with Crippen LogP contribution in [0.4, 0.5) is 0 Å². The zero-order valence-corrected chi connectivity index (χ0v) is 46.1. The van der Waals surface area contributed by atoms with Gasteiger partial charge < -0.3 is 24.8 Å². The summed E-state index contributed by atoms with van der Waals surface area (Å²) in [5, 5.41) is 13.5. The van der Waals surface area contributed by atoms with Gasteiger partial charge in [-0.05, 0) is 75.2 Å². The van der Waals surface area contributed by atoms with Crippen LogP contribution in [-0.2, 0) is 11.3 Å². The van der Waals surface area contributed by atoms with Gasteiger partial charge in [0.05, 0.1) is 19.8 Å². The second-order valence-electron chi connectivity index (χ2n) is 21.4. The number of benzene rings is 5. The van der Waals surface area contributed by atoms with Crippen molar-refractivity contribution in [1.82, 2.24) is 10.6 Å². The molecule has 0 bridgehead atoms. The highest BCUT2D eigenvalue weighted by Crippen LogP contribution is 2.40. The average Bonchev–Trinajstić information content (AvgIpc) is 3.39. The molecule has 398 valence electrons. The molecule has 5 rings (SSSR count). The molecule has 72 heavy (non-hydrogen) atoms. The van der Waals surface area contributed by atoms with Crippen molar-refractivity contribution in [2.75, 3.05) is 19.8 Å². The van der Waals surface area contributed by atoms with Crippen LogP contribution in [0.25, 0.3) is 32.3 Å². The summed E-state index contributed by atoms with van der Waals surface area (Å²) in [6, 6.07) is 22.3. The molecule has 0 fully saturated rings. The summed E-state index contributed by atoms with van der Waals surface area (Å²) in [4.78, 5) is 28.6. The molecule has 7 heteroatoms. The van der Waals surface area contributed by atoms with Crippen LogP contribution >= 0.6 is 0 Å². The summed E-state index contributed by atoms with van der Waals surface area (Å²) in [6.07, 6.45) is 37.4. The monoisotopic (exact) mass is 987 g/mol. The fraction of sp³-hybridized carbons (Fsp3) is 0.631. The predicted octanol–water partition coefficient (Wildman–Crippen LogP) is 18.6. The molecule has 5 aromatic rings. The lowest BCUT2D eigenvalue weighted by Gasteiger charge is -2.23. The van der Waals surface area contributed by atoms with E-state index in [9.17, 15) is 9.59 Å². The van der Waals surface area contributed by atoms with Gasteiger partial charge in [0.2, 0.25) is 11.7 Å². The second-order valence-corrected chi connectivity index (χ2v) is 21.4. The molecule has 0 saturated carbocycles. The Balaban J connectivity index is 1.27. The van der Waals surface area contributed by atoms with E-state index in [0.29, 0.717) is 49.2 Å². The fourth-order valence-corrected chi connectivity index (χ4v) is 10.4. The first-order valence-electron chi connectivity index (χ1n) is 29.7. The molecule has 2 amide bonds. The zero-order valence-electron chi connectivity index (χ0n) is 46.1. The van der Waals surface area contributed by atoms with Crippen LogP contribution in [-0.4, -0.2) is 37.7 Å². The molecule has 0 aliphatic rings. The average molecular weight is 988 g/mol. The number of amides is 2. The summed E-state index contributed by atoms with van der Waals surface area (Å²) >= 11 is 0. The van der Waals surface area contributed by atoms with Crippen LogP contribution in [0.5, 0.6) is 17.2 Å². The number of rotatable bonds is 42. The van der Waals surface area contributed by atoms with E-state index in [2.05, 4.69) is 86.0 Å². The first-order valence-corrected chi connectivity index (χ1v) is 29.7. The van der Waals surface area contributed by atoms with Gasteiger partial charge in [-0.2, -0.15) is 0 Å². The molecule has 2 N–H and O–H groups in total. The Morgan fingerprint density at radius 1 is 0.458 bits per heavy atom. The molecule has 7 nitrogen and oxygen atoms in total. The number of hydrogen-bond acceptors (Lipinski definition) is 5. The third-order valence-corrected chi connectivity index (χ3v) is 14.8. The molecule has 0 heterocycles. The molecule has 1 atom stereocenters. The second kappa shape index (κ2) is 34.8. The molecular weight excluding hydrogens is 889 g/mol. The molecule has 0 unspecified atom stereocenters. The summed E-state index contributed by atoms with van der Waals surface area (Å²) in [5.41, 5.74) is 1.45. The number of nitrogens with one attached hydrogen (secondary N) is 2. The van der Waals surface area contributed by atoms with Crippen LogP contribution in [0, 0.1) is 5.92 Å². The maximum absolute atomic E-state index is 14.5. The van der Waals surface area contributed by atoms with Crippen molar-refractivity contribution in [3.8, 4) is 17.2 Å². The molecule has 0 aliphatic carbocycles. The fourth-order valence-electron chi connectivity index (χ4n) is 10.4. The Labute approximate surface area is 437 Å². The van der Waals surface area contributed by atoms with E-state index in [4.69, 9.17) is 14.2 Å². The van der Waals surface area contributed by atoms with Crippen molar-refractivity contribution in [3.05, 3.63) is 77.9 Å². The van der Waals surface area contributed by atoms with Gasteiger partial charge in [-0.15, -0.1) is 0 Å². The Hall–Kier alpha value is -4.52. The van der Waals surface area contributed by atoms with Gasteiger partial charge in [0.1, 0.15) is 6.04 Å². The highest BCUT2D eigenvalue weighted by molar-refractivity contribution is 6.23. The number of ether oxygens (including phenoxy) is 3.